The van der Waals surface area contributed by atoms with Crippen molar-refractivity contribution in [2.24, 2.45) is 10.2 Å². The van der Waals surface area contributed by atoms with E-state index in [9.17, 15) is 5.11 Å². The van der Waals surface area contributed by atoms with Crippen molar-refractivity contribution in [2.45, 2.75) is 13.8 Å². The zero-order chi connectivity index (χ0) is 15.0. The fraction of sp³-hybridized carbons (Fsp3) is 0.143. The van der Waals surface area contributed by atoms with Crippen molar-refractivity contribution in [3.8, 4) is 5.75 Å². The molecule has 0 aromatic heterocycles. The third-order valence-corrected chi connectivity index (χ3v) is 2.45. The molecule has 3 nitrogen and oxygen atoms in total. The first-order chi connectivity index (χ1) is 9.58. The van der Waals surface area contributed by atoms with Crippen molar-refractivity contribution in [1.82, 2.24) is 0 Å². The fourth-order valence-corrected chi connectivity index (χ4v) is 1.62. The van der Waals surface area contributed by atoms with E-state index in [4.69, 9.17) is 18.6 Å². The molecule has 2 rings (SSSR count). The summed E-state index contributed by atoms with van der Waals surface area (Å²) in [5, 5.41) is 18.0. The Morgan fingerprint density at radius 1 is 1.00 bits per heavy atom. The van der Waals surface area contributed by atoms with Gasteiger partial charge >= 0.3 is 35.6 Å². The molecular weight excluding hydrogens is 331 g/mol. The van der Waals surface area contributed by atoms with Gasteiger partial charge in [0.1, 0.15) is 11.4 Å². The van der Waals surface area contributed by atoms with Crippen LogP contribution in [0.4, 0.5) is 11.4 Å². The minimum atomic E-state index is -0.556. The number of rotatable bonds is 2. The first-order valence-electron chi connectivity index (χ1n) is 5.81. The molecule has 0 radical (unpaired) electrons. The van der Waals surface area contributed by atoms with Crippen molar-refractivity contribution >= 4 is 30.0 Å². The molecule has 104 valence electrons. The van der Waals surface area contributed by atoms with Crippen molar-refractivity contribution in [3.63, 3.8) is 0 Å². The van der Waals surface area contributed by atoms with Crippen LogP contribution in [0.3, 0.4) is 0 Å². The topological polar surface area (TPSA) is 45.0 Å². The van der Waals surface area contributed by atoms with Gasteiger partial charge in [-0.15, -0.1) is 5.11 Å². The normalized spacial score (nSPS) is 10.0. The van der Waals surface area contributed by atoms with Crippen LogP contribution in [-0.2, 0) is 17.0 Å². The standard InChI is InChI=1S/C14H14N2O.2ClH.Ti/c1-10-8-11(2)14(17)13(9-10)16-15-12-6-4-3-5-7-12;;;/h3-9,17H,1-2H3;2*1H;/q;;;+2/p-2. The average molecular weight is 345 g/mol. The first-order valence-corrected chi connectivity index (χ1v) is 10.1. The Morgan fingerprint density at radius 3 is 2.20 bits per heavy atom. The summed E-state index contributed by atoms with van der Waals surface area (Å²) in [6.45, 7) is 3.82. The van der Waals surface area contributed by atoms with Crippen LogP contribution in [0.15, 0.2) is 52.7 Å². The summed E-state index contributed by atoms with van der Waals surface area (Å²) in [5.74, 6) is 0.190. The molecule has 0 aliphatic rings. The van der Waals surface area contributed by atoms with Gasteiger partial charge in [0.2, 0.25) is 0 Å². The van der Waals surface area contributed by atoms with Crippen LogP contribution in [0, 0.1) is 13.8 Å². The number of aromatic hydroxyl groups is 1. The van der Waals surface area contributed by atoms with E-state index in [0.29, 0.717) is 5.69 Å². The molecule has 2 aromatic carbocycles. The summed E-state index contributed by atoms with van der Waals surface area (Å²) in [7, 11) is 9.78. The van der Waals surface area contributed by atoms with Gasteiger partial charge in [0.15, 0.2) is 0 Å². The molecule has 0 fully saturated rings. The summed E-state index contributed by atoms with van der Waals surface area (Å²) in [6, 6.07) is 13.2. The number of benzene rings is 2. The third-order valence-electron chi connectivity index (χ3n) is 2.45. The van der Waals surface area contributed by atoms with Crippen molar-refractivity contribution in [2.75, 3.05) is 0 Å². The predicted octanol–water partition coefficient (Wildman–Crippen LogP) is 5.80. The van der Waals surface area contributed by atoms with Crippen LogP contribution < -0.4 is 0 Å². The van der Waals surface area contributed by atoms with E-state index in [-0.39, 0.29) is 5.75 Å². The summed E-state index contributed by atoms with van der Waals surface area (Å²) in [6.07, 6.45) is 0. The number of nitrogens with zero attached hydrogens (tertiary/aromatic N) is 2. The fourth-order valence-electron chi connectivity index (χ4n) is 1.62. The number of hydrogen-bond donors (Lipinski definition) is 1. The molecule has 0 saturated carbocycles. The van der Waals surface area contributed by atoms with Crippen molar-refractivity contribution in [3.05, 3.63) is 53.6 Å². The number of halogens is 2. The number of hydrogen-bond acceptors (Lipinski definition) is 3. The predicted molar refractivity (Wildman–Crippen MR) is 79.9 cm³/mol. The second-order valence-electron chi connectivity index (χ2n) is 4.06. The van der Waals surface area contributed by atoms with Crippen molar-refractivity contribution in [1.29, 1.82) is 0 Å². The molecule has 0 aliphatic heterocycles. The molecule has 6 heteroatoms. The van der Waals surface area contributed by atoms with Gasteiger partial charge in [0.25, 0.3) is 0 Å². The molecular formula is C14H14Cl2N2OTi. The number of phenols is 1. The van der Waals surface area contributed by atoms with E-state index >= 15 is 0 Å². The van der Waals surface area contributed by atoms with Gasteiger partial charge in [-0.05, 0) is 43.2 Å². The van der Waals surface area contributed by atoms with Crippen LogP contribution in [-0.4, -0.2) is 5.11 Å². The van der Waals surface area contributed by atoms with Gasteiger partial charge in [0, 0.05) is 0 Å². The Morgan fingerprint density at radius 2 is 1.60 bits per heavy atom. The molecule has 0 saturated heterocycles. The van der Waals surface area contributed by atoms with Gasteiger partial charge in [-0.3, -0.25) is 0 Å². The van der Waals surface area contributed by atoms with Gasteiger partial charge < -0.3 is 5.11 Å². The SMILES string of the molecule is Cc1cc(C)c(O)c(N=Nc2ccccc2)c1.[Cl][Ti][Cl]. The van der Waals surface area contributed by atoms with Gasteiger partial charge in [-0.25, -0.2) is 0 Å². The van der Waals surface area contributed by atoms with E-state index in [1.807, 2.05) is 56.3 Å². The van der Waals surface area contributed by atoms with E-state index in [2.05, 4.69) is 10.2 Å². The van der Waals surface area contributed by atoms with E-state index in [0.717, 1.165) is 16.8 Å². The van der Waals surface area contributed by atoms with Crippen LogP contribution >= 0.6 is 18.6 Å². The second kappa shape index (κ2) is 9.14. The molecule has 0 heterocycles. The summed E-state index contributed by atoms with van der Waals surface area (Å²) in [4.78, 5) is 0. The maximum absolute atomic E-state index is 9.85. The quantitative estimate of drug-likeness (QED) is 0.543. The van der Waals surface area contributed by atoms with Gasteiger partial charge in [-0.1, -0.05) is 24.3 Å². The monoisotopic (exact) mass is 344 g/mol. The van der Waals surface area contributed by atoms with E-state index < -0.39 is 17.0 Å². The Bertz CT molecular complexity index is 577. The van der Waals surface area contributed by atoms with Crippen LogP contribution in [0.5, 0.6) is 5.75 Å². The number of phenolic OH excluding ortho intramolecular Hbond substituents is 1. The van der Waals surface area contributed by atoms with Crippen LogP contribution in [0.1, 0.15) is 11.1 Å². The summed E-state index contributed by atoms with van der Waals surface area (Å²) >= 11 is -0.556. The zero-order valence-corrected chi connectivity index (χ0v) is 14.2. The zero-order valence-electron chi connectivity index (χ0n) is 11.1. The van der Waals surface area contributed by atoms with E-state index in [1.165, 1.54) is 0 Å². The first kappa shape index (κ1) is 17.2. The molecule has 0 amide bonds. The molecule has 0 atom stereocenters. The Balaban J connectivity index is 0.000000612. The number of azo groups is 1. The molecule has 1 N–H and O–H groups in total. The van der Waals surface area contributed by atoms with Gasteiger partial charge in [0.05, 0.1) is 5.69 Å². The van der Waals surface area contributed by atoms with Crippen LogP contribution in [0.25, 0.3) is 0 Å². The maximum atomic E-state index is 9.85. The third kappa shape index (κ3) is 5.63. The van der Waals surface area contributed by atoms with Gasteiger partial charge in [-0.2, -0.15) is 5.11 Å². The number of aryl methyl sites for hydroxylation is 2. The van der Waals surface area contributed by atoms with Crippen LogP contribution in [0.2, 0.25) is 0 Å². The molecule has 0 unspecified atom stereocenters. The Kier molecular flexibility index (Phi) is 7.85. The molecule has 0 aliphatic carbocycles. The molecule has 0 spiro atoms. The Hall–Kier alpha value is -0.866. The molecule has 2 aromatic rings. The summed E-state index contributed by atoms with van der Waals surface area (Å²) < 4.78 is 0. The van der Waals surface area contributed by atoms with Crippen molar-refractivity contribution < 1.29 is 22.1 Å². The minimum absolute atomic E-state index is 0.190. The van der Waals surface area contributed by atoms with E-state index in [1.54, 1.807) is 0 Å². The molecule has 0 bridgehead atoms. The average Bonchev–Trinajstić information content (AvgIpc) is 2.43. The second-order valence-corrected chi connectivity index (χ2v) is 6.64. The summed E-state index contributed by atoms with van der Waals surface area (Å²) in [5.41, 5.74) is 3.15. The Labute approximate surface area is 135 Å². The molecule has 20 heavy (non-hydrogen) atoms.